The van der Waals surface area contributed by atoms with Gasteiger partial charge in [-0.3, -0.25) is 4.79 Å². The van der Waals surface area contributed by atoms with E-state index >= 15 is 0 Å². The molecule has 0 aromatic carbocycles. The lowest BCUT2D eigenvalue weighted by Gasteiger charge is -2.15. The Kier molecular flexibility index (Phi) is 4.71. The molecule has 1 aromatic heterocycles. The van der Waals surface area contributed by atoms with E-state index in [9.17, 15) is 4.79 Å². The lowest BCUT2D eigenvalue weighted by molar-refractivity contribution is 0.0882. The van der Waals surface area contributed by atoms with Gasteiger partial charge in [0.05, 0.1) is 12.6 Å². The zero-order valence-electron chi connectivity index (χ0n) is 9.40. The molecule has 0 fully saturated rings. The van der Waals surface area contributed by atoms with E-state index in [4.69, 9.17) is 10.5 Å². The van der Waals surface area contributed by atoms with Crippen molar-refractivity contribution < 1.29 is 14.2 Å². The van der Waals surface area contributed by atoms with Gasteiger partial charge in [0, 0.05) is 7.11 Å². The Morgan fingerprint density at radius 2 is 2.38 bits per heavy atom. The van der Waals surface area contributed by atoms with E-state index in [0.29, 0.717) is 6.61 Å². The fraction of sp³-hybridized carbons (Fsp3) is 0.667. The van der Waals surface area contributed by atoms with Crippen molar-refractivity contribution in [2.45, 2.75) is 25.8 Å². The Bertz CT molecular complexity index is 333. The number of nitrogens with two attached hydrogens (primary N) is 1. The van der Waals surface area contributed by atoms with Crippen LogP contribution in [-0.4, -0.2) is 36.0 Å². The van der Waals surface area contributed by atoms with Gasteiger partial charge in [-0.05, 0) is 16.7 Å². The molecule has 7 nitrogen and oxygen atoms in total. The molecule has 1 amide bonds. The second-order valence-electron chi connectivity index (χ2n) is 3.41. The molecule has 90 valence electrons. The molecule has 3 N–H and O–H groups in total. The Hall–Kier alpha value is -1.63. The normalized spacial score (nSPS) is 12.4. The van der Waals surface area contributed by atoms with Crippen LogP contribution in [0.25, 0.3) is 0 Å². The number of rotatable bonds is 6. The molecular formula is C9H16N4O3. The predicted molar refractivity (Wildman–Crippen MR) is 56.7 cm³/mol. The maximum absolute atomic E-state index is 11.7. The van der Waals surface area contributed by atoms with Crippen molar-refractivity contribution in [3.05, 3.63) is 5.69 Å². The molecule has 0 bridgehead atoms. The van der Waals surface area contributed by atoms with E-state index in [-0.39, 0.29) is 17.6 Å². The fourth-order valence-corrected chi connectivity index (χ4v) is 1.35. The van der Waals surface area contributed by atoms with Crippen LogP contribution in [-0.2, 0) is 4.74 Å². The predicted octanol–water partition coefficient (Wildman–Crippen LogP) is 0.197. The molecule has 0 saturated heterocycles. The van der Waals surface area contributed by atoms with Crippen LogP contribution in [0.3, 0.4) is 0 Å². The number of amides is 1. The summed E-state index contributed by atoms with van der Waals surface area (Å²) in [6.45, 7) is 2.48. The van der Waals surface area contributed by atoms with Gasteiger partial charge in [0.1, 0.15) is 0 Å². The molecule has 7 heteroatoms. The summed E-state index contributed by atoms with van der Waals surface area (Å²) in [7, 11) is 1.58. The summed E-state index contributed by atoms with van der Waals surface area (Å²) in [5.74, 6) is -0.403. The summed E-state index contributed by atoms with van der Waals surface area (Å²) in [6, 6.07) is -0.0569. The van der Waals surface area contributed by atoms with Crippen molar-refractivity contribution in [2.24, 2.45) is 0 Å². The van der Waals surface area contributed by atoms with Gasteiger partial charge in [0.2, 0.25) is 11.5 Å². The standard InChI is InChI=1S/C9H16N4O3/c1-3-4-6(5-15-2)11-9(14)7-8(10)13-16-12-7/h6H,3-5H2,1-2H3,(H2,10,13)(H,11,14). The van der Waals surface area contributed by atoms with Crippen LogP contribution in [0.15, 0.2) is 4.63 Å². The minimum Gasteiger partial charge on any atom is -0.383 e. The average molecular weight is 228 g/mol. The number of nitrogen functional groups attached to an aromatic ring is 1. The van der Waals surface area contributed by atoms with Crippen molar-refractivity contribution >= 4 is 11.7 Å². The third-order valence-corrected chi connectivity index (χ3v) is 2.07. The first-order chi connectivity index (χ1) is 7.69. The molecule has 0 saturated carbocycles. The van der Waals surface area contributed by atoms with Crippen molar-refractivity contribution in [2.75, 3.05) is 19.5 Å². The molecule has 0 spiro atoms. The zero-order chi connectivity index (χ0) is 12.0. The van der Waals surface area contributed by atoms with Crippen molar-refractivity contribution in [1.29, 1.82) is 0 Å². The largest absolute Gasteiger partial charge is 0.383 e. The van der Waals surface area contributed by atoms with E-state index in [0.717, 1.165) is 12.8 Å². The molecule has 0 aliphatic heterocycles. The van der Waals surface area contributed by atoms with E-state index in [2.05, 4.69) is 20.3 Å². The summed E-state index contributed by atoms with van der Waals surface area (Å²) in [4.78, 5) is 11.7. The highest BCUT2D eigenvalue weighted by Crippen LogP contribution is 2.05. The van der Waals surface area contributed by atoms with Crippen LogP contribution in [0.1, 0.15) is 30.3 Å². The van der Waals surface area contributed by atoms with Crippen LogP contribution in [0.2, 0.25) is 0 Å². The first-order valence-corrected chi connectivity index (χ1v) is 5.06. The van der Waals surface area contributed by atoms with Gasteiger partial charge in [0.25, 0.3) is 5.91 Å². The zero-order valence-corrected chi connectivity index (χ0v) is 9.40. The molecule has 1 heterocycles. The van der Waals surface area contributed by atoms with E-state index in [1.807, 2.05) is 6.92 Å². The summed E-state index contributed by atoms with van der Waals surface area (Å²) in [6.07, 6.45) is 1.77. The third kappa shape index (κ3) is 3.20. The number of ether oxygens (including phenoxy) is 1. The van der Waals surface area contributed by atoms with Gasteiger partial charge >= 0.3 is 0 Å². The minimum absolute atomic E-state index is 0.00911. The molecule has 1 aromatic rings. The lowest BCUT2D eigenvalue weighted by atomic mass is 10.2. The monoisotopic (exact) mass is 228 g/mol. The van der Waals surface area contributed by atoms with Crippen LogP contribution >= 0.6 is 0 Å². The van der Waals surface area contributed by atoms with Gasteiger partial charge in [-0.25, -0.2) is 4.63 Å². The highest BCUT2D eigenvalue weighted by Gasteiger charge is 2.19. The fourth-order valence-electron chi connectivity index (χ4n) is 1.35. The molecule has 16 heavy (non-hydrogen) atoms. The number of aromatic nitrogens is 2. The van der Waals surface area contributed by atoms with Crippen LogP contribution in [0.4, 0.5) is 5.82 Å². The van der Waals surface area contributed by atoms with Gasteiger partial charge in [-0.15, -0.1) is 0 Å². The Labute approximate surface area is 93.3 Å². The second-order valence-corrected chi connectivity index (χ2v) is 3.41. The van der Waals surface area contributed by atoms with Crippen LogP contribution in [0.5, 0.6) is 0 Å². The molecule has 1 unspecified atom stereocenters. The van der Waals surface area contributed by atoms with Crippen LogP contribution in [0, 0.1) is 0 Å². The van der Waals surface area contributed by atoms with Crippen molar-refractivity contribution in [1.82, 2.24) is 15.6 Å². The molecule has 0 aliphatic carbocycles. The number of nitrogens with zero attached hydrogens (tertiary/aromatic N) is 2. The quantitative estimate of drug-likeness (QED) is 0.720. The Morgan fingerprint density at radius 3 is 2.88 bits per heavy atom. The summed E-state index contributed by atoms with van der Waals surface area (Å²) >= 11 is 0. The molecule has 0 aliphatic rings. The second kappa shape index (κ2) is 6.06. The smallest absolute Gasteiger partial charge is 0.277 e. The highest BCUT2D eigenvalue weighted by molar-refractivity contribution is 5.96. The Morgan fingerprint density at radius 1 is 1.62 bits per heavy atom. The number of carbonyl (C=O) groups excluding carboxylic acids is 1. The molecular weight excluding hydrogens is 212 g/mol. The highest BCUT2D eigenvalue weighted by atomic mass is 16.6. The molecule has 0 radical (unpaired) electrons. The van der Waals surface area contributed by atoms with Gasteiger partial charge < -0.3 is 15.8 Å². The van der Waals surface area contributed by atoms with E-state index < -0.39 is 5.91 Å². The van der Waals surface area contributed by atoms with Crippen molar-refractivity contribution in [3.63, 3.8) is 0 Å². The van der Waals surface area contributed by atoms with Gasteiger partial charge in [-0.2, -0.15) is 0 Å². The Balaban J connectivity index is 2.58. The van der Waals surface area contributed by atoms with E-state index in [1.165, 1.54) is 0 Å². The van der Waals surface area contributed by atoms with Crippen molar-refractivity contribution in [3.8, 4) is 0 Å². The number of carbonyl (C=O) groups is 1. The number of hydrogen-bond acceptors (Lipinski definition) is 6. The third-order valence-electron chi connectivity index (χ3n) is 2.07. The van der Waals surface area contributed by atoms with Crippen LogP contribution < -0.4 is 11.1 Å². The maximum atomic E-state index is 11.7. The number of hydrogen-bond donors (Lipinski definition) is 2. The number of methoxy groups -OCH3 is 1. The first kappa shape index (κ1) is 12.4. The number of anilines is 1. The van der Waals surface area contributed by atoms with E-state index in [1.54, 1.807) is 7.11 Å². The minimum atomic E-state index is -0.394. The summed E-state index contributed by atoms with van der Waals surface area (Å²) in [5.41, 5.74) is 5.42. The lowest BCUT2D eigenvalue weighted by Crippen LogP contribution is -2.38. The summed E-state index contributed by atoms with van der Waals surface area (Å²) < 4.78 is 9.35. The number of nitrogens with one attached hydrogen (secondary N) is 1. The van der Waals surface area contributed by atoms with Gasteiger partial charge in [-0.1, -0.05) is 13.3 Å². The SMILES string of the molecule is CCCC(COC)NC(=O)c1nonc1N. The van der Waals surface area contributed by atoms with Gasteiger partial charge in [0.15, 0.2) is 0 Å². The first-order valence-electron chi connectivity index (χ1n) is 5.06. The molecule has 1 atom stereocenters. The maximum Gasteiger partial charge on any atom is 0.277 e. The molecule has 1 rings (SSSR count). The summed E-state index contributed by atoms with van der Waals surface area (Å²) in [5, 5.41) is 9.52. The topological polar surface area (TPSA) is 103 Å². The average Bonchev–Trinajstić information content (AvgIpc) is 2.65.